The van der Waals surface area contributed by atoms with Crippen LogP contribution < -0.4 is 0 Å². The van der Waals surface area contributed by atoms with E-state index in [0.717, 1.165) is 0 Å². The van der Waals surface area contributed by atoms with Crippen molar-refractivity contribution < 1.29 is 9.53 Å². The van der Waals surface area contributed by atoms with Gasteiger partial charge in [-0.05, 0) is 29.5 Å². The largest absolute Gasteiger partial charge is 0.500 e. The lowest BCUT2D eigenvalue weighted by Crippen LogP contribution is -1.98. The van der Waals surface area contributed by atoms with Crippen LogP contribution in [0.5, 0.6) is 0 Å². The molecule has 3 heteroatoms. The third kappa shape index (κ3) is 3.14. The summed E-state index contributed by atoms with van der Waals surface area (Å²) in [5, 5.41) is 0. The normalized spacial score (nSPS) is 11.1. The maximum atomic E-state index is 11.7. The molecule has 1 aromatic rings. The van der Waals surface area contributed by atoms with Gasteiger partial charge in [0.2, 0.25) is 5.78 Å². The fraction of sp³-hybridized carbons (Fsp3) is 0.182. The number of carbonyl (C=O) groups is 1. The van der Waals surface area contributed by atoms with E-state index in [0.29, 0.717) is 15.8 Å². The third-order valence-electron chi connectivity index (χ3n) is 1.61. The van der Waals surface area contributed by atoms with Gasteiger partial charge in [0.25, 0.3) is 0 Å². The summed E-state index contributed by atoms with van der Waals surface area (Å²) in [4.78, 5) is 11.7. The van der Waals surface area contributed by atoms with Gasteiger partial charge in [-0.15, -0.1) is 0 Å². The molecule has 14 heavy (non-hydrogen) atoms. The van der Waals surface area contributed by atoms with E-state index in [2.05, 4.69) is 0 Å². The second kappa shape index (κ2) is 5.80. The van der Waals surface area contributed by atoms with Crippen molar-refractivity contribution in [1.82, 2.24) is 0 Å². The minimum Gasteiger partial charge on any atom is -0.500 e. The summed E-state index contributed by atoms with van der Waals surface area (Å²) >= 11 is 1.98. The average Bonchev–Trinajstić information content (AvgIpc) is 2.26. The van der Waals surface area contributed by atoms with Crippen LogP contribution >= 0.6 is 22.6 Å². The number of carbonyl (C=O) groups excluding carboxylic acids is 1. The molecule has 0 aliphatic heterocycles. The van der Waals surface area contributed by atoms with Crippen LogP contribution in [0.2, 0.25) is 0 Å². The fourth-order valence-corrected chi connectivity index (χ4v) is 1.43. The molecule has 0 radical (unpaired) electrons. The molecule has 0 bridgehead atoms. The molecular formula is C11H11IO2. The lowest BCUT2D eigenvalue weighted by molar-refractivity contribution is 0.104. The van der Waals surface area contributed by atoms with Gasteiger partial charge in [0.05, 0.1) is 10.2 Å². The predicted octanol–water partition coefficient (Wildman–Crippen LogP) is 3.18. The molecule has 1 rings (SSSR count). The van der Waals surface area contributed by atoms with Crippen LogP contribution in [0, 0.1) is 0 Å². The van der Waals surface area contributed by atoms with Crippen LogP contribution in [0.3, 0.4) is 0 Å². The van der Waals surface area contributed by atoms with Crippen molar-refractivity contribution in [3.05, 3.63) is 45.7 Å². The van der Waals surface area contributed by atoms with E-state index in [4.69, 9.17) is 4.74 Å². The second-order valence-corrected chi connectivity index (χ2v) is 3.78. The smallest absolute Gasteiger partial charge is 0.202 e. The monoisotopic (exact) mass is 302 g/mol. The molecule has 1 aromatic carbocycles. The van der Waals surface area contributed by atoms with Crippen LogP contribution in [0.1, 0.15) is 17.3 Å². The summed E-state index contributed by atoms with van der Waals surface area (Å²) in [5.41, 5.74) is 0.688. The van der Waals surface area contributed by atoms with Crippen molar-refractivity contribution in [1.29, 1.82) is 0 Å². The zero-order valence-corrected chi connectivity index (χ0v) is 10.0. The highest BCUT2D eigenvalue weighted by Crippen LogP contribution is 2.14. The first-order valence-corrected chi connectivity index (χ1v) is 5.40. The summed E-state index contributed by atoms with van der Waals surface area (Å²) in [7, 11) is 0. The highest BCUT2D eigenvalue weighted by molar-refractivity contribution is 14.1. The molecule has 0 aliphatic carbocycles. The summed E-state index contributed by atoms with van der Waals surface area (Å²) in [5.74, 6) is -0.000324. The number of rotatable bonds is 4. The first kappa shape index (κ1) is 11.2. The Morgan fingerprint density at radius 1 is 1.43 bits per heavy atom. The number of allylic oxidation sites excluding steroid dienone is 1. The van der Waals surface area contributed by atoms with Crippen molar-refractivity contribution in [2.24, 2.45) is 0 Å². The molecule has 0 amide bonds. The van der Waals surface area contributed by atoms with Crippen LogP contribution in [0.4, 0.5) is 0 Å². The summed E-state index contributed by atoms with van der Waals surface area (Å²) in [6, 6.07) is 9.16. The van der Waals surface area contributed by atoms with Gasteiger partial charge in [-0.1, -0.05) is 30.3 Å². The molecule has 0 saturated heterocycles. The molecule has 74 valence electrons. The first-order chi connectivity index (χ1) is 6.75. The Labute approximate surface area is 97.1 Å². The Morgan fingerprint density at radius 2 is 2.07 bits per heavy atom. The number of hydrogen-bond donors (Lipinski definition) is 0. The highest BCUT2D eigenvalue weighted by Gasteiger charge is 2.08. The number of ether oxygens (including phenoxy) is 1. The van der Waals surface area contributed by atoms with E-state index in [9.17, 15) is 4.79 Å². The molecule has 0 aliphatic rings. The quantitative estimate of drug-likeness (QED) is 0.369. The molecule has 0 aromatic heterocycles. The summed E-state index contributed by atoms with van der Waals surface area (Å²) in [6.07, 6.45) is 1.50. The van der Waals surface area contributed by atoms with Crippen molar-refractivity contribution in [3.8, 4) is 0 Å². The Morgan fingerprint density at radius 3 is 2.64 bits per heavy atom. The molecule has 0 spiro atoms. The molecule has 0 N–H and O–H groups in total. The molecule has 0 saturated carbocycles. The minimum atomic E-state index is -0.000324. The number of halogens is 1. The number of ketones is 1. The Bertz CT molecular complexity index is 330. The number of hydrogen-bond acceptors (Lipinski definition) is 2. The van der Waals surface area contributed by atoms with Gasteiger partial charge in [0.1, 0.15) is 6.26 Å². The van der Waals surface area contributed by atoms with E-state index in [1.165, 1.54) is 6.26 Å². The van der Waals surface area contributed by atoms with Crippen molar-refractivity contribution in [2.45, 2.75) is 6.92 Å². The molecule has 0 heterocycles. The van der Waals surface area contributed by atoms with Crippen LogP contribution in [0.15, 0.2) is 40.2 Å². The zero-order chi connectivity index (χ0) is 10.4. The molecule has 0 atom stereocenters. The van der Waals surface area contributed by atoms with Gasteiger partial charge in [-0.25, -0.2) is 0 Å². The molecular weight excluding hydrogens is 291 g/mol. The first-order valence-electron chi connectivity index (χ1n) is 4.32. The van der Waals surface area contributed by atoms with Gasteiger partial charge >= 0.3 is 0 Å². The molecule has 0 unspecified atom stereocenters. The van der Waals surface area contributed by atoms with E-state index < -0.39 is 0 Å². The zero-order valence-electron chi connectivity index (χ0n) is 7.87. The van der Waals surface area contributed by atoms with Crippen LogP contribution in [-0.2, 0) is 4.74 Å². The maximum absolute atomic E-state index is 11.7. The van der Waals surface area contributed by atoms with Crippen LogP contribution in [-0.4, -0.2) is 12.4 Å². The van der Waals surface area contributed by atoms with Crippen LogP contribution in [0.25, 0.3) is 0 Å². The summed E-state index contributed by atoms with van der Waals surface area (Å²) < 4.78 is 5.64. The Kier molecular flexibility index (Phi) is 4.65. The standard InChI is InChI=1S/C11H11IO2/c1-2-14-8-10(12)11(13)9-6-4-3-5-7-9/h3-8H,2H2,1H3/b10-8-. The number of Topliss-reactive ketones (excluding diaryl/α,β-unsaturated/α-hetero) is 1. The van der Waals surface area contributed by atoms with E-state index >= 15 is 0 Å². The van der Waals surface area contributed by atoms with Crippen molar-refractivity contribution >= 4 is 28.4 Å². The van der Waals surface area contributed by atoms with Gasteiger partial charge < -0.3 is 4.74 Å². The third-order valence-corrected chi connectivity index (χ3v) is 2.35. The van der Waals surface area contributed by atoms with E-state index in [1.807, 2.05) is 47.7 Å². The predicted molar refractivity (Wildman–Crippen MR) is 64.5 cm³/mol. The van der Waals surface area contributed by atoms with Gasteiger partial charge in [-0.2, -0.15) is 0 Å². The Balaban J connectivity index is 2.76. The van der Waals surface area contributed by atoms with Gasteiger partial charge in [-0.3, -0.25) is 4.79 Å². The lowest BCUT2D eigenvalue weighted by Gasteiger charge is -1.99. The molecule has 2 nitrogen and oxygen atoms in total. The van der Waals surface area contributed by atoms with Crippen molar-refractivity contribution in [2.75, 3.05) is 6.61 Å². The topological polar surface area (TPSA) is 26.3 Å². The van der Waals surface area contributed by atoms with Gasteiger partial charge in [0, 0.05) is 5.56 Å². The van der Waals surface area contributed by atoms with E-state index in [1.54, 1.807) is 12.1 Å². The molecule has 0 fully saturated rings. The highest BCUT2D eigenvalue weighted by atomic mass is 127. The lowest BCUT2D eigenvalue weighted by atomic mass is 10.1. The number of benzene rings is 1. The Hall–Kier alpha value is -0.840. The average molecular weight is 302 g/mol. The maximum Gasteiger partial charge on any atom is 0.202 e. The second-order valence-electron chi connectivity index (χ2n) is 2.62. The fourth-order valence-electron chi connectivity index (χ4n) is 0.937. The van der Waals surface area contributed by atoms with Crippen molar-refractivity contribution in [3.63, 3.8) is 0 Å². The minimum absolute atomic E-state index is 0.000324. The van der Waals surface area contributed by atoms with Gasteiger partial charge in [0.15, 0.2) is 0 Å². The van der Waals surface area contributed by atoms with E-state index in [-0.39, 0.29) is 5.78 Å². The SMILES string of the molecule is CCO/C=C(\I)C(=O)c1ccccc1. The summed E-state index contributed by atoms with van der Waals surface area (Å²) in [6.45, 7) is 2.46.